The van der Waals surface area contributed by atoms with E-state index in [0.717, 1.165) is 19.4 Å². The van der Waals surface area contributed by atoms with E-state index in [1.807, 2.05) is 13.1 Å². The fourth-order valence-corrected chi connectivity index (χ4v) is 0.998. The first-order valence-corrected chi connectivity index (χ1v) is 4.70. The van der Waals surface area contributed by atoms with Crippen molar-refractivity contribution in [1.82, 2.24) is 5.32 Å². The Bertz CT molecular complexity index is 117. The highest BCUT2D eigenvalue weighted by atomic mass is 16.5. The first-order chi connectivity index (χ1) is 6.35. The quantitative estimate of drug-likeness (QED) is 0.434. The first-order valence-electron chi connectivity index (χ1n) is 4.70. The van der Waals surface area contributed by atoms with Crippen molar-refractivity contribution < 1.29 is 9.47 Å². The molecule has 0 rings (SSSR count). The SMILES string of the molecule is C=CCCC(COCCOC)NC. The van der Waals surface area contributed by atoms with Gasteiger partial charge in [-0.2, -0.15) is 0 Å². The maximum absolute atomic E-state index is 5.40. The van der Waals surface area contributed by atoms with Gasteiger partial charge in [-0.05, 0) is 19.9 Å². The molecule has 1 atom stereocenters. The average Bonchev–Trinajstić information content (AvgIpc) is 2.17. The minimum Gasteiger partial charge on any atom is -0.382 e. The van der Waals surface area contributed by atoms with Crippen LogP contribution in [0.3, 0.4) is 0 Å². The Labute approximate surface area is 81.1 Å². The lowest BCUT2D eigenvalue weighted by Gasteiger charge is -2.15. The molecule has 3 nitrogen and oxygen atoms in total. The van der Waals surface area contributed by atoms with E-state index in [2.05, 4.69) is 11.9 Å². The van der Waals surface area contributed by atoms with Crippen molar-refractivity contribution in [2.75, 3.05) is 34.0 Å². The van der Waals surface area contributed by atoms with Crippen molar-refractivity contribution in [1.29, 1.82) is 0 Å². The van der Waals surface area contributed by atoms with Crippen LogP contribution in [-0.4, -0.2) is 40.0 Å². The summed E-state index contributed by atoms with van der Waals surface area (Å²) in [6.07, 6.45) is 4.03. The van der Waals surface area contributed by atoms with Gasteiger partial charge in [-0.1, -0.05) is 6.08 Å². The third-order valence-corrected chi connectivity index (χ3v) is 1.88. The second kappa shape index (κ2) is 9.71. The molecule has 3 heteroatoms. The van der Waals surface area contributed by atoms with Crippen molar-refractivity contribution in [3.8, 4) is 0 Å². The Morgan fingerprint density at radius 3 is 2.77 bits per heavy atom. The van der Waals surface area contributed by atoms with Gasteiger partial charge in [-0.15, -0.1) is 6.58 Å². The summed E-state index contributed by atoms with van der Waals surface area (Å²) in [6.45, 7) is 5.77. The Morgan fingerprint density at radius 1 is 1.46 bits per heavy atom. The summed E-state index contributed by atoms with van der Waals surface area (Å²) >= 11 is 0. The smallest absolute Gasteiger partial charge is 0.0701 e. The van der Waals surface area contributed by atoms with E-state index >= 15 is 0 Å². The highest BCUT2D eigenvalue weighted by Gasteiger charge is 2.03. The molecule has 0 fully saturated rings. The van der Waals surface area contributed by atoms with E-state index < -0.39 is 0 Å². The molecule has 78 valence electrons. The van der Waals surface area contributed by atoms with Crippen LogP contribution in [0.25, 0.3) is 0 Å². The summed E-state index contributed by atoms with van der Waals surface area (Å²) in [6, 6.07) is 0.426. The average molecular weight is 187 g/mol. The highest BCUT2D eigenvalue weighted by Crippen LogP contribution is 1.97. The van der Waals surface area contributed by atoms with Gasteiger partial charge in [0.2, 0.25) is 0 Å². The molecule has 0 aliphatic rings. The number of likely N-dealkylation sites (N-methyl/N-ethyl adjacent to an activating group) is 1. The predicted molar refractivity (Wildman–Crippen MR) is 55.0 cm³/mol. The van der Waals surface area contributed by atoms with E-state index in [1.165, 1.54) is 0 Å². The summed E-state index contributed by atoms with van der Waals surface area (Å²) in [7, 11) is 3.63. The van der Waals surface area contributed by atoms with Crippen LogP contribution in [0.4, 0.5) is 0 Å². The van der Waals surface area contributed by atoms with Crippen molar-refractivity contribution in [2.24, 2.45) is 0 Å². The third kappa shape index (κ3) is 7.96. The maximum Gasteiger partial charge on any atom is 0.0701 e. The highest BCUT2D eigenvalue weighted by molar-refractivity contribution is 4.72. The van der Waals surface area contributed by atoms with Crippen LogP contribution in [-0.2, 0) is 9.47 Å². The standard InChI is InChI=1S/C10H21NO2/c1-4-5-6-10(11-2)9-13-8-7-12-3/h4,10-11H,1,5-9H2,2-3H3. The number of ether oxygens (including phenoxy) is 2. The second-order valence-corrected chi connectivity index (χ2v) is 2.92. The fraction of sp³-hybridized carbons (Fsp3) is 0.800. The summed E-state index contributed by atoms with van der Waals surface area (Å²) in [5.41, 5.74) is 0. The molecular weight excluding hydrogens is 166 g/mol. The van der Waals surface area contributed by atoms with Crippen LogP contribution < -0.4 is 5.32 Å². The molecule has 0 aliphatic carbocycles. The van der Waals surface area contributed by atoms with E-state index in [9.17, 15) is 0 Å². The van der Waals surface area contributed by atoms with E-state index in [1.54, 1.807) is 7.11 Å². The lowest BCUT2D eigenvalue weighted by atomic mass is 10.2. The molecule has 0 saturated heterocycles. The fourth-order valence-electron chi connectivity index (χ4n) is 0.998. The van der Waals surface area contributed by atoms with Gasteiger partial charge in [0.1, 0.15) is 0 Å². The minimum atomic E-state index is 0.426. The molecule has 0 heterocycles. The van der Waals surface area contributed by atoms with Crippen molar-refractivity contribution in [2.45, 2.75) is 18.9 Å². The molecule has 0 aromatic carbocycles. The zero-order valence-electron chi connectivity index (χ0n) is 8.71. The lowest BCUT2D eigenvalue weighted by molar-refractivity contribution is 0.0587. The molecule has 0 saturated carbocycles. The summed E-state index contributed by atoms with van der Waals surface area (Å²) in [5.74, 6) is 0. The second-order valence-electron chi connectivity index (χ2n) is 2.92. The van der Waals surface area contributed by atoms with Crippen molar-refractivity contribution in [3.63, 3.8) is 0 Å². The number of rotatable bonds is 9. The molecule has 0 bridgehead atoms. The number of hydrogen-bond donors (Lipinski definition) is 1. The normalized spacial score (nSPS) is 12.8. The van der Waals surface area contributed by atoms with Crippen LogP contribution in [0, 0.1) is 0 Å². The molecule has 0 spiro atoms. The topological polar surface area (TPSA) is 30.5 Å². The van der Waals surface area contributed by atoms with Crippen LogP contribution >= 0.6 is 0 Å². The molecule has 13 heavy (non-hydrogen) atoms. The molecule has 0 aliphatic heterocycles. The van der Waals surface area contributed by atoms with Gasteiger partial charge >= 0.3 is 0 Å². The Balaban J connectivity index is 3.30. The number of nitrogens with one attached hydrogen (secondary N) is 1. The van der Waals surface area contributed by atoms with E-state index in [4.69, 9.17) is 9.47 Å². The number of allylic oxidation sites excluding steroid dienone is 1. The molecule has 0 aromatic heterocycles. The number of methoxy groups -OCH3 is 1. The van der Waals surface area contributed by atoms with Crippen LogP contribution in [0.2, 0.25) is 0 Å². The summed E-state index contributed by atoms with van der Waals surface area (Å²) in [4.78, 5) is 0. The van der Waals surface area contributed by atoms with Crippen LogP contribution in [0.5, 0.6) is 0 Å². The molecule has 1 N–H and O–H groups in total. The van der Waals surface area contributed by atoms with Crippen molar-refractivity contribution in [3.05, 3.63) is 12.7 Å². The predicted octanol–water partition coefficient (Wildman–Crippen LogP) is 1.20. The summed E-state index contributed by atoms with van der Waals surface area (Å²) < 4.78 is 10.3. The van der Waals surface area contributed by atoms with Crippen molar-refractivity contribution >= 4 is 0 Å². The zero-order chi connectivity index (χ0) is 9.94. The van der Waals surface area contributed by atoms with E-state index in [0.29, 0.717) is 19.3 Å². The van der Waals surface area contributed by atoms with Crippen LogP contribution in [0.1, 0.15) is 12.8 Å². The van der Waals surface area contributed by atoms with Gasteiger partial charge in [-0.25, -0.2) is 0 Å². The zero-order valence-corrected chi connectivity index (χ0v) is 8.71. The van der Waals surface area contributed by atoms with Crippen LogP contribution in [0.15, 0.2) is 12.7 Å². The maximum atomic E-state index is 5.40. The van der Waals surface area contributed by atoms with Gasteiger partial charge in [0, 0.05) is 13.2 Å². The largest absolute Gasteiger partial charge is 0.382 e. The Hall–Kier alpha value is -0.380. The molecule has 1 unspecified atom stereocenters. The molecule has 0 amide bonds. The van der Waals surface area contributed by atoms with Gasteiger partial charge in [0.15, 0.2) is 0 Å². The van der Waals surface area contributed by atoms with Gasteiger partial charge in [0.05, 0.1) is 19.8 Å². The Morgan fingerprint density at radius 2 is 2.23 bits per heavy atom. The number of hydrogen-bond acceptors (Lipinski definition) is 3. The van der Waals surface area contributed by atoms with Gasteiger partial charge in [0.25, 0.3) is 0 Å². The molecule has 0 aromatic rings. The van der Waals surface area contributed by atoms with Gasteiger partial charge < -0.3 is 14.8 Å². The monoisotopic (exact) mass is 187 g/mol. The Kier molecular flexibility index (Phi) is 9.42. The van der Waals surface area contributed by atoms with Gasteiger partial charge in [-0.3, -0.25) is 0 Å². The molecular formula is C10H21NO2. The lowest BCUT2D eigenvalue weighted by Crippen LogP contribution is -2.30. The van der Waals surface area contributed by atoms with E-state index in [-0.39, 0.29) is 0 Å². The minimum absolute atomic E-state index is 0.426. The first kappa shape index (κ1) is 12.6. The summed E-state index contributed by atoms with van der Waals surface area (Å²) in [5, 5.41) is 3.20. The molecule has 0 radical (unpaired) electrons. The third-order valence-electron chi connectivity index (χ3n) is 1.88.